The van der Waals surface area contributed by atoms with Crippen molar-refractivity contribution in [2.24, 2.45) is 5.92 Å². The summed E-state index contributed by atoms with van der Waals surface area (Å²) in [6.07, 6.45) is 3.43. The summed E-state index contributed by atoms with van der Waals surface area (Å²) >= 11 is 0. The number of amides is 1. The Labute approximate surface area is 141 Å². The number of carbonyl (C=O) groups excluding carboxylic acids is 1. The van der Waals surface area contributed by atoms with E-state index in [1.165, 1.54) is 0 Å². The lowest BCUT2D eigenvalue weighted by molar-refractivity contribution is 0.0645. The van der Waals surface area contributed by atoms with Gasteiger partial charge in [-0.1, -0.05) is 6.07 Å². The van der Waals surface area contributed by atoms with Gasteiger partial charge in [-0.3, -0.25) is 9.78 Å². The largest absolute Gasteiger partial charge is 0.487 e. The first-order valence-corrected chi connectivity index (χ1v) is 8.20. The highest BCUT2D eigenvalue weighted by molar-refractivity contribution is 5.94. The van der Waals surface area contributed by atoms with Crippen molar-refractivity contribution in [2.75, 3.05) is 13.6 Å². The smallest absolute Gasteiger partial charge is 0.253 e. The van der Waals surface area contributed by atoms with Crippen LogP contribution in [0, 0.1) is 5.92 Å². The molecule has 5 nitrogen and oxygen atoms in total. The maximum absolute atomic E-state index is 12.4. The Kier molecular flexibility index (Phi) is 5.11. The molecule has 5 heteroatoms. The van der Waals surface area contributed by atoms with Crippen LogP contribution in [-0.2, 0) is 6.61 Å². The minimum Gasteiger partial charge on any atom is -0.487 e. The van der Waals surface area contributed by atoms with Gasteiger partial charge in [0, 0.05) is 25.4 Å². The van der Waals surface area contributed by atoms with Gasteiger partial charge >= 0.3 is 0 Å². The van der Waals surface area contributed by atoms with Crippen LogP contribution in [0.4, 0.5) is 0 Å². The fraction of sp³-hybridized carbons (Fsp3) is 0.368. The van der Waals surface area contributed by atoms with Crippen LogP contribution in [0.5, 0.6) is 5.75 Å². The van der Waals surface area contributed by atoms with E-state index in [9.17, 15) is 9.90 Å². The van der Waals surface area contributed by atoms with Gasteiger partial charge in [-0.25, -0.2) is 0 Å². The molecule has 1 saturated carbocycles. The van der Waals surface area contributed by atoms with Gasteiger partial charge in [0.1, 0.15) is 12.4 Å². The number of ether oxygens (including phenoxy) is 1. The average molecular weight is 326 g/mol. The van der Waals surface area contributed by atoms with Gasteiger partial charge in [0.05, 0.1) is 11.8 Å². The average Bonchev–Trinajstić information content (AvgIpc) is 3.46. The SMILES string of the molecule is CN(CC(O)C1CC1)C(=O)c1ccc(OCc2ccccn2)cc1. The predicted molar refractivity (Wildman–Crippen MR) is 90.7 cm³/mol. The van der Waals surface area contributed by atoms with Crippen molar-refractivity contribution < 1.29 is 14.6 Å². The van der Waals surface area contributed by atoms with Gasteiger partial charge in [0.2, 0.25) is 0 Å². The lowest BCUT2D eigenvalue weighted by Gasteiger charge is -2.21. The second-order valence-corrected chi connectivity index (χ2v) is 6.22. The van der Waals surface area contributed by atoms with Gasteiger partial charge in [-0.15, -0.1) is 0 Å². The molecule has 1 aromatic heterocycles. The number of aromatic nitrogens is 1. The number of aliphatic hydroxyl groups is 1. The number of likely N-dealkylation sites (N-methyl/N-ethyl adjacent to an activating group) is 1. The second-order valence-electron chi connectivity index (χ2n) is 6.22. The number of nitrogens with zero attached hydrogens (tertiary/aromatic N) is 2. The molecule has 2 aromatic rings. The van der Waals surface area contributed by atoms with Crippen molar-refractivity contribution in [1.82, 2.24) is 9.88 Å². The van der Waals surface area contributed by atoms with Crippen molar-refractivity contribution in [3.63, 3.8) is 0 Å². The summed E-state index contributed by atoms with van der Waals surface area (Å²) in [6, 6.07) is 12.7. The van der Waals surface area contributed by atoms with Gasteiger partial charge < -0.3 is 14.7 Å². The van der Waals surface area contributed by atoms with Gasteiger partial charge in [-0.2, -0.15) is 0 Å². The Hall–Kier alpha value is -2.40. The van der Waals surface area contributed by atoms with Crippen LogP contribution in [0.15, 0.2) is 48.7 Å². The Morgan fingerprint density at radius 2 is 2.04 bits per heavy atom. The highest BCUT2D eigenvalue weighted by atomic mass is 16.5. The summed E-state index contributed by atoms with van der Waals surface area (Å²) in [5.41, 5.74) is 1.44. The molecule has 3 rings (SSSR count). The zero-order valence-electron chi connectivity index (χ0n) is 13.8. The zero-order valence-corrected chi connectivity index (χ0v) is 13.8. The summed E-state index contributed by atoms with van der Waals surface area (Å²) < 4.78 is 5.66. The first-order valence-electron chi connectivity index (χ1n) is 8.20. The van der Waals surface area contributed by atoms with Crippen LogP contribution < -0.4 is 4.74 Å². The quantitative estimate of drug-likeness (QED) is 0.849. The Morgan fingerprint density at radius 3 is 2.67 bits per heavy atom. The van der Waals surface area contributed by atoms with E-state index >= 15 is 0 Å². The van der Waals surface area contributed by atoms with Crippen LogP contribution >= 0.6 is 0 Å². The van der Waals surface area contributed by atoms with Crippen molar-refractivity contribution in [3.8, 4) is 5.75 Å². The molecule has 1 amide bonds. The molecule has 0 saturated heterocycles. The molecule has 1 unspecified atom stereocenters. The van der Waals surface area contributed by atoms with E-state index in [1.54, 1.807) is 42.4 Å². The summed E-state index contributed by atoms with van der Waals surface area (Å²) in [6.45, 7) is 0.767. The van der Waals surface area contributed by atoms with Crippen molar-refractivity contribution in [2.45, 2.75) is 25.6 Å². The number of pyridine rings is 1. The summed E-state index contributed by atoms with van der Waals surface area (Å²) in [5.74, 6) is 0.964. The molecule has 1 N–H and O–H groups in total. The summed E-state index contributed by atoms with van der Waals surface area (Å²) in [4.78, 5) is 18.2. The fourth-order valence-electron chi connectivity index (χ4n) is 2.55. The van der Waals surface area contributed by atoms with E-state index in [0.29, 0.717) is 30.4 Å². The molecular formula is C19H22N2O3. The van der Waals surface area contributed by atoms with E-state index in [0.717, 1.165) is 18.5 Å². The lowest BCUT2D eigenvalue weighted by atomic mass is 10.1. The maximum atomic E-state index is 12.4. The minimum absolute atomic E-state index is 0.0917. The van der Waals surface area contributed by atoms with Crippen LogP contribution in [-0.4, -0.2) is 40.6 Å². The molecule has 0 aliphatic heterocycles. The van der Waals surface area contributed by atoms with Gasteiger partial charge in [0.15, 0.2) is 0 Å². The van der Waals surface area contributed by atoms with Crippen molar-refractivity contribution >= 4 is 5.91 Å². The number of carbonyl (C=O) groups is 1. The second kappa shape index (κ2) is 7.45. The topological polar surface area (TPSA) is 62.7 Å². The third-order valence-electron chi connectivity index (χ3n) is 4.19. The number of aliphatic hydroxyl groups excluding tert-OH is 1. The zero-order chi connectivity index (χ0) is 16.9. The maximum Gasteiger partial charge on any atom is 0.253 e. The van der Waals surface area contributed by atoms with Crippen LogP contribution in [0.25, 0.3) is 0 Å². The molecule has 0 spiro atoms. The van der Waals surface area contributed by atoms with Crippen molar-refractivity contribution in [1.29, 1.82) is 0 Å². The van der Waals surface area contributed by atoms with E-state index in [2.05, 4.69) is 4.98 Å². The normalized spacial score (nSPS) is 14.9. The minimum atomic E-state index is -0.417. The van der Waals surface area contributed by atoms with E-state index < -0.39 is 6.10 Å². The van der Waals surface area contributed by atoms with E-state index in [-0.39, 0.29) is 5.91 Å². The fourth-order valence-corrected chi connectivity index (χ4v) is 2.55. The Balaban J connectivity index is 1.54. The predicted octanol–water partition coefficient (Wildman–Crippen LogP) is 2.50. The number of benzene rings is 1. The number of hydrogen-bond donors (Lipinski definition) is 1. The van der Waals surface area contributed by atoms with E-state index in [4.69, 9.17) is 4.74 Å². The van der Waals surface area contributed by atoms with Crippen LogP contribution in [0.3, 0.4) is 0 Å². The molecule has 24 heavy (non-hydrogen) atoms. The van der Waals surface area contributed by atoms with Gasteiger partial charge in [0.25, 0.3) is 5.91 Å². The number of rotatable bonds is 7. The molecular weight excluding hydrogens is 304 g/mol. The lowest BCUT2D eigenvalue weighted by Crippen LogP contribution is -2.35. The van der Waals surface area contributed by atoms with E-state index in [1.807, 2.05) is 18.2 Å². The highest BCUT2D eigenvalue weighted by Crippen LogP contribution is 2.32. The molecule has 126 valence electrons. The standard InChI is InChI=1S/C19H22N2O3/c1-21(12-18(22)14-5-6-14)19(23)15-7-9-17(10-8-15)24-13-16-4-2-3-11-20-16/h2-4,7-11,14,18,22H,5-6,12-13H2,1H3. The Morgan fingerprint density at radius 1 is 1.29 bits per heavy atom. The monoisotopic (exact) mass is 326 g/mol. The molecule has 1 aliphatic rings. The molecule has 1 aromatic carbocycles. The van der Waals surface area contributed by atoms with Crippen LogP contribution in [0.1, 0.15) is 28.9 Å². The highest BCUT2D eigenvalue weighted by Gasteiger charge is 2.31. The molecule has 1 atom stereocenters. The molecule has 0 bridgehead atoms. The van der Waals surface area contributed by atoms with Gasteiger partial charge in [-0.05, 0) is 55.2 Å². The summed E-state index contributed by atoms with van der Waals surface area (Å²) in [7, 11) is 1.72. The number of hydrogen-bond acceptors (Lipinski definition) is 4. The van der Waals surface area contributed by atoms with Crippen molar-refractivity contribution in [3.05, 3.63) is 59.9 Å². The first kappa shape index (κ1) is 16.5. The molecule has 1 fully saturated rings. The first-order chi connectivity index (χ1) is 11.6. The van der Waals surface area contributed by atoms with Crippen LogP contribution in [0.2, 0.25) is 0 Å². The molecule has 0 radical (unpaired) electrons. The third kappa shape index (κ3) is 4.32. The molecule has 1 heterocycles. The molecule has 1 aliphatic carbocycles. The third-order valence-corrected chi connectivity index (χ3v) is 4.19. The Bertz CT molecular complexity index is 669. The summed E-state index contributed by atoms with van der Waals surface area (Å²) in [5, 5.41) is 9.96.